The molecule has 0 aliphatic carbocycles. The van der Waals surface area contributed by atoms with Crippen LogP contribution in [0, 0.1) is 11.3 Å². The highest BCUT2D eigenvalue weighted by Gasteiger charge is 2.35. The van der Waals surface area contributed by atoms with Crippen LogP contribution in [0.5, 0.6) is 11.5 Å². The van der Waals surface area contributed by atoms with Crippen molar-refractivity contribution in [3.8, 4) is 17.6 Å². The van der Waals surface area contributed by atoms with Crippen molar-refractivity contribution in [2.45, 2.75) is 12.3 Å². The Hall–Kier alpha value is -3.00. The number of hydrogen-bond donors (Lipinski definition) is 1. The summed E-state index contributed by atoms with van der Waals surface area (Å²) in [4.78, 5) is 12.6. The lowest BCUT2D eigenvalue weighted by Gasteiger charge is -2.21. The van der Waals surface area contributed by atoms with E-state index in [1.54, 1.807) is 49.4 Å². The van der Waals surface area contributed by atoms with Crippen molar-refractivity contribution in [3.63, 3.8) is 0 Å². The average molecular weight is 310 g/mol. The van der Waals surface area contributed by atoms with Crippen molar-refractivity contribution in [2.75, 3.05) is 19.5 Å². The Balaban J connectivity index is 2.29. The number of benzene rings is 2. The van der Waals surface area contributed by atoms with Crippen molar-refractivity contribution < 1.29 is 14.3 Å². The number of carbonyl (C=O) groups excluding carboxylic acids is 1. The van der Waals surface area contributed by atoms with Gasteiger partial charge in [0.15, 0.2) is 16.9 Å². The van der Waals surface area contributed by atoms with Crippen LogP contribution in [0.15, 0.2) is 48.5 Å². The summed E-state index contributed by atoms with van der Waals surface area (Å²) in [5.41, 5.74) is -0.112. The molecule has 0 fully saturated rings. The summed E-state index contributed by atoms with van der Waals surface area (Å²) in [7, 11) is 3.06. The van der Waals surface area contributed by atoms with Gasteiger partial charge in [-0.3, -0.25) is 4.79 Å². The van der Waals surface area contributed by atoms with Gasteiger partial charge in [0.05, 0.1) is 20.3 Å². The summed E-state index contributed by atoms with van der Waals surface area (Å²) in [6.07, 6.45) is 0. The smallest absolute Gasteiger partial charge is 0.249 e. The zero-order chi connectivity index (χ0) is 16.9. The SMILES string of the molecule is COc1ccc(NC(=O)[C@](C)(C#N)c2ccccc2)cc1OC. The standard InChI is InChI=1S/C18H18N2O3/c1-18(12-19,13-7-5-4-6-8-13)17(21)20-14-9-10-15(22-2)16(11-14)23-3/h4-11H,1-3H3,(H,20,21)/t18-/m1/s1. The fraction of sp³-hybridized carbons (Fsp3) is 0.222. The summed E-state index contributed by atoms with van der Waals surface area (Å²) in [5, 5.41) is 12.3. The molecule has 23 heavy (non-hydrogen) atoms. The van der Waals surface area contributed by atoms with Gasteiger partial charge < -0.3 is 14.8 Å². The molecule has 0 radical (unpaired) electrons. The normalized spacial score (nSPS) is 12.6. The van der Waals surface area contributed by atoms with E-state index in [1.165, 1.54) is 14.2 Å². The molecule has 0 unspecified atom stereocenters. The molecule has 0 heterocycles. The number of amides is 1. The Morgan fingerprint density at radius 2 is 1.74 bits per heavy atom. The van der Waals surface area contributed by atoms with Gasteiger partial charge in [0.25, 0.3) is 0 Å². The van der Waals surface area contributed by atoms with Crippen molar-refractivity contribution in [1.29, 1.82) is 5.26 Å². The monoisotopic (exact) mass is 310 g/mol. The van der Waals surface area contributed by atoms with E-state index in [-0.39, 0.29) is 0 Å². The lowest BCUT2D eigenvalue weighted by molar-refractivity contribution is -0.119. The molecule has 5 nitrogen and oxygen atoms in total. The van der Waals surface area contributed by atoms with Crippen LogP contribution in [0.2, 0.25) is 0 Å². The average Bonchev–Trinajstić information content (AvgIpc) is 2.61. The fourth-order valence-electron chi connectivity index (χ4n) is 2.19. The molecule has 1 amide bonds. The van der Waals surface area contributed by atoms with Gasteiger partial charge in [-0.05, 0) is 24.6 Å². The van der Waals surface area contributed by atoms with Gasteiger partial charge in [-0.25, -0.2) is 0 Å². The Kier molecular flexibility index (Phi) is 4.87. The molecule has 5 heteroatoms. The number of nitrogens with one attached hydrogen (secondary N) is 1. The first kappa shape index (κ1) is 16.4. The van der Waals surface area contributed by atoms with Crippen LogP contribution >= 0.6 is 0 Å². The van der Waals surface area contributed by atoms with Gasteiger partial charge in [0.1, 0.15) is 0 Å². The highest BCUT2D eigenvalue weighted by molar-refractivity contribution is 6.01. The number of ether oxygens (including phenoxy) is 2. The van der Waals surface area contributed by atoms with Gasteiger partial charge >= 0.3 is 0 Å². The maximum atomic E-state index is 12.6. The molecular weight excluding hydrogens is 292 g/mol. The van der Waals surface area contributed by atoms with Crippen LogP contribution in [0.3, 0.4) is 0 Å². The summed E-state index contributed by atoms with van der Waals surface area (Å²) in [5.74, 6) is 0.665. The highest BCUT2D eigenvalue weighted by atomic mass is 16.5. The van der Waals surface area contributed by atoms with Gasteiger partial charge in [0, 0.05) is 11.8 Å². The number of carbonyl (C=O) groups is 1. The van der Waals surface area contributed by atoms with Crippen LogP contribution in [-0.2, 0) is 10.2 Å². The Morgan fingerprint density at radius 1 is 1.09 bits per heavy atom. The minimum atomic E-state index is -1.28. The molecule has 0 aliphatic heterocycles. The number of rotatable bonds is 5. The molecule has 0 saturated heterocycles. The van der Waals surface area contributed by atoms with E-state index in [2.05, 4.69) is 11.4 Å². The number of nitriles is 1. The molecule has 0 aliphatic rings. The van der Waals surface area contributed by atoms with Gasteiger partial charge in [-0.2, -0.15) is 5.26 Å². The van der Waals surface area contributed by atoms with Gasteiger partial charge in [-0.1, -0.05) is 30.3 Å². The third-order valence-corrected chi connectivity index (χ3v) is 3.67. The molecule has 1 N–H and O–H groups in total. The third kappa shape index (κ3) is 3.27. The van der Waals surface area contributed by atoms with Crippen LogP contribution in [0.25, 0.3) is 0 Å². The van der Waals surface area contributed by atoms with Crippen molar-refractivity contribution in [3.05, 3.63) is 54.1 Å². The summed E-state index contributed by atoms with van der Waals surface area (Å²) < 4.78 is 10.4. The Bertz CT molecular complexity index is 738. The molecule has 2 rings (SSSR count). The molecule has 0 aromatic heterocycles. The third-order valence-electron chi connectivity index (χ3n) is 3.67. The zero-order valence-electron chi connectivity index (χ0n) is 13.3. The maximum Gasteiger partial charge on any atom is 0.249 e. The minimum Gasteiger partial charge on any atom is -0.493 e. The second-order valence-electron chi connectivity index (χ2n) is 5.13. The molecule has 2 aromatic rings. The molecule has 0 spiro atoms. The first-order valence-corrected chi connectivity index (χ1v) is 7.05. The van der Waals surface area contributed by atoms with E-state index in [9.17, 15) is 10.1 Å². The van der Waals surface area contributed by atoms with Crippen LogP contribution in [0.1, 0.15) is 12.5 Å². The van der Waals surface area contributed by atoms with E-state index >= 15 is 0 Å². The fourth-order valence-corrected chi connectivity index (χ4v) is 2.19. The van der Waals surface area contributed by atoms with Crippen molar-refractivity contribution in [2.24, 2.45) is 0 Å². The highest BCUT2D eigenvalue weighted by Crippen LogP contribution is 2.31. The summed E-state index contributed by atoms with van der Waals surface area (Å²) in [6.45, 7) is 1.60. The van der Waals surface area contributed by atoms with Crippen LogP contribution in [-0.4, -0.2) is 20.1 Å². The van der Waals surface area contributed by atoms with Crippen molar-refractivity contribution >= 4 is 11.6 Å². The number of nitrogens with zero attached hydrogens (tertiary/aromatic N) is 1. The predicted molar refractivity (Wildman–Crippen MR) is 87.6 cm³/mol. The molecule has 0 bridgehead atoms. The topological polar surface area (TPSA) is 71.3 Å². The zero-order valence-corrected chi connectivity index (χ0v) is 13.3. The largest absolute Gasteiger partial charge is 0.493 e. The molecule has 2 aromatic carbocycles. The van der Waals surface area contributed by atoms with E-state index in [1.807, 2.05) is 6.07 Å². The lowest BCUT2D eigenvalue weighted by atomic mass is 9.83. The second-order valence-corrected chi connectivity index (χ2v) is 5.13. The second kappa shape index (κ2) is 6.84. The van der Waals surface area contributed by atoms with Gasteiger partial charge in [0.2, 0.25) is 5.91 Å². The summed E-state index contributed by atoms with van der Waals surface area (Å²) in [6, 6.07) is 16.1. The molecular formula is C18H18N2O3. The first-order chi connectivity index (χ1) is 11.0. The lowest BCUT2D eigenvalue weighted by Crippen LogP contribution is -2.36. The van der Waals surface area contributed by atoms with Gasteiger partial charge in [-0.15, -0.1) is 0 Å². The van der Waals surface area contributed by atoms with Crippen LogP contribution < -0.4 is 14.8 Å². The minimum absolute atomic E-state index is 0.404. The maximum absolute atomic E-state index is 12.6. The predicted octanol–water partition coefficient (Wildman–Crippen LogP) is 3.12. The number of methoxy groups -OCH3 is 2. The summed E-state index contributed by atoms with van der Waals surface area (Å²) >= 11 is 0. The van der Waals surface area contributed by atoms with Crippen LogP contribution in [0.4, 0.5) is 5.69 Å². The molecule has 1 atom stereocenters. The van der Waals surface area contributed by atoms with Crippen molar-refractivity contribution in [1.82, 2.24) is 0 Å². The molecule has 118 valence electrons. The Labute approximate surface area is 135 Å². The number of anilines is 1. The van der Waals surface area contributed by atoms with E-state index < -0.39 is 11.3 Å². The quantitative estimate of drug-likeness (QED) is 0.921. The first-order valence-electron chi connectivity index (χ1n) is 7.05. The Morgan fingerprint density at radius 3 is 2.30 bits per heavy atom. The van der Waals surface area contributed by atoms with E-state index in [4.69, 9.17) is 9.47 Å². The number of hydrogen-bond acceptors (Lipinski definition) is 4. The van der Waals surface area contributed by atoms with E-state index in [0.29, 0.717) is 22.7 Å². The molecule has 0 saturated carbocycles. The van der Waals surface area contributed by atoms with E-state index in [0.717, 1.165) is 0 Å².